The van der Waals surface area contributed by atoms with Crippen molar-refractivity contribution in [2.75, 3.05) is 9.80 Å². The van der Waals surface area contributed by atoms with Gasteiger partial charge in [0.05, 0.1) is 27.1 Å². The first-order chi connectivity index (χ1) is 44.9. The summed E-state index contributed by atoms with van der Waals surface area (Å²) in [5.74, 6) is 0. The molecule has 0 atom stereocenters. The number of benzene rings is 11. The molecule has 0 spiro atoms. The summed E-state index contributed by atoms with van der Waals surface area (Å²) >= 11 is 1.96. The van der Waals surface area contributed by atoms with Crippen LogP contribution in [0.1, 0.15) is 158 Å². The van der Waals surface area contributed by atoms with Gasteiger partial charge in [0.25, 0.3) is 6.71 Å². The van der Waals surface area contributed by atoms with Crippen LogP contribution in [0.4, 0.5) is 34.1 Å². The van der Waals surface area contributed by atoms with E-state index in [1.54, 1.807) is 0 Å². The minimum atomic E-state index is -0.245. The lowest BCUT2D eigenvalue weighted by atomic mass is 9.33. The molecule has 0 N–H and O–H groups in total. The molecular formula is C90H90BN3S. The van der Waals surface area contributed by atoms with E-state index in [-0.39, 0.29) is 39.2 Å². The van der Waals surface area contributed by atoms with Crippen LogP contribution in [0.3, 0.4) is 0 Å². The van der Waals surface area contributed by atoms with Gasteiger partial charge < -0.3 is 14.4 Å². The first-order valence-electron chi connectivity index (χ1n) is 34.4. The number of fused-ring (bicyclic) bond motifs is 10. The fourth-order valence-electron chi connectivity index (χ4n) is 15.1. The van der Waals surface area contributed by atoms with Crippen LogP contribution >= 0.6 is 11.3 Å². The summed E-state index contributed by atoms with van der Waals surface area (Å²) in [6.45, 7) is 42.3. The van der Waals surface area contributed by atoms with Crippen LogP contribution in [-0.4, -0.2) is 11.3 Å². The average molecular weight is 1260 g/mol. The molecule has 13 aromatic rings. The van der Waals surface area contributed by atoms with Gasteiger partial charge in [-0.25, -0.2) is 0 Å². The molecule has 4 heterocycles. The Morgan fingerprint density at radius 1 is 0.284 bits per heavy atom. The summed E-state index contributed by atoms with van der Waals surface area (Å²) in [5, 5.41) is 5.17. The fourth-order valence-corrected chi connectivity index (χ4v) is 16.6. The minimum absolute atomic E-state index is 0.0246. The summed E-state index contributed by atoms with van der Waals surface area (Å²) < 4.78 is 5.21. The Morgan fingerprint density at radius 3 is 1.33 bits per heavy atom. The van der Waals surface area contributed by atoms with Crippen molar-refractivity contribution in [1.82, 2.24) is 4.57 Å². The third-order valence-corrected chi connectivity index (χ3v) is 21.9. The van der Waals surface area contributed by atoms with Gasteiger partial charge in [-0.2, -0.15) is 0 Å². The zero-order valence-corrected chi connectivity index (χ0v) is 59.9. The normalized spacial score (nSPS) is 13.7. The third-order valence-electron chi connectivity index (χ3n) is 20.7. The standard InChI is InChI=1S/C90H90BN3S/c1-85(2,3)60-37-43-75-69(50-60)70-51-61(86(4,5)6)38-44-76(70)92(75)65-39-41-73-79(54-65)94(77-34-26-32-67-66-31-25-33-71(90(16,17)18)83(66)95-84(67)77)81-53-64(89(13,14)15)52-80-82(81)91(73)72-40-35-58(59-45-62(87(7,8)9)49-63(46-59)88(10,11)12)48-78(72)93(80)74-42-36-57(55-27-21-19-22-28-55)47-68(74)56-29-23-20-24-30-56/h19-54H,1-18H3. The average Bonchev–Trinajstić information content (AvgIpc) is 0.940. The fraction of sp³-hybridized carbons (Fsp3) is 0.267. The molecular weight excluding hydrogens is 1170 g/mol. The monoisotopic (exact) mass is 1260 g/mol. The van der Waals surface area contributed by atoms with Gasteiger partial charge in [-0.15, -0.1) is 11.3 Å². The molecule has 0 unspecified atom stereocenters. The zero-order valence-electron chi connectivity index (χ0n) is 59.1. The van der Waals surface area contributed by atoms with Crippen LogP contribution in [0.15, 0.2) is 218 Å². The Balaban J connectivity index is 1.08. The summed E-state index contributed by atoms with van der Waals surface area (Å²) in [6.07, 6.45) is 0. The summed E-state index contributed by atoms with van der Waals surface area (Å²) in [5.41, 5.74) is 29.3. The summed E-state index contributed by atoms with van der Waals surface area (Å²) in [6, 6.07) is 85.4. The van der Waals surface area contributed by atoms with Gasteiger partial charge in [0.2, 0.25) is 0 Å². The van der Waals surface area contributed by atoms with E-state index < -0.39 is 0 Å². The molecule has 2 aliphatic heterocycles. The van der Waals surface area contributed by atoms with Gasteiger partial charge in [-0.3, -0.25) is 0 Å². The van der Waals surface area contributed by atoms with Crippen molar-refractivity contribution in [3.05, 3.63) is 252 Å². The molecule has 0 amide bonds. The maximum Gasteiger partial charge on any atom is 0.252 e. The van der Waals surface area contributed by atoms with Crippen molar-refractivity contribution in [2.45, 2.75) is 157 Å². The second-order valence-electron chi connectivity index (χ2n) is 33.5. The maximum atomic E-state index is 2.71. The Labute approximate surface area is 569 Å². The molecule has 0 fully saturated rings. The number of aromatic nitrogens is 1. The minimum Gasteiger partial charge on any atom is -0.311 e. The molecule has 11 aromatic carbocycles. The molecule has 0 saturated heterocycles. The predicted molar refractivity (Wildman–Crippen MR) is 416 cm³/mol. The van der Waals surface area contributed by atoms with E-state index in [0.29, 0.717) is 0 Å². The number of rotatable bonds is 6. The molecule has 0 saturated carbocycles. The Bertz CT molecular complexity index is 5140. The van der Waals surface area contributed by atoms with Gasteiger partial charge >= 0.3 is 0 Å². The number of hydrogen-bond donors (Lipinski definition) is 0. The van der Waals surface area contributed by atoms with E-state index in [1.165, 1.54) is 154 Å². The molecule has 5 heteroatoms. The summed E-state index contributed by atoms with van der Waals surface area (Å²) in [4.78, 5) is 5.39. The molecule has 3 nitrogen and oxygen atoms in total. The molecule has 95 heavy (non-hydrogen) atoms. The second kappa shape index (κ2) is 21.8. The van der Waals surface area contributed by atoms with Gasteiger partial charge in [-0.1, -0.05) is 270 Å². The van der Waals surface area contributed by atoms with E-state index >= 15 is 0 Å². The molecule has 0 radical (unpaired) electrons. The van der Waals surface area contributed by atoms with Crippen molar-refractivity contribution in [3.63, 3.8) is 0 Å². The highest BCUT2D eigenvalue weighted by atomic mass is 32.1. The molecule has 2 aliphatic rings. The van der Waals surface area contributed by atoms with Crippen LogP contribution in [0.25, 0.3) is 81.0 Å². The maximum absolute atomic E-state index is 2.71. The van der Waals surface area contributed by atoms with E-state index in [0.717, 1.165) is 11.4 Å². The SMILES string of the molecule is CC(C)(C)c1cc(-c2ccc3c(c2)N(c2ccc(-c4ccccc4)cc2-c2ccccc2)c2cc(C(C)(C)C)cc4c2B3c2ccc(-n3c5ccc(C(C)(C)C)cc5c5cc(C(C)(C)C)ccc53)cc2N4c2cccc3c2sc2c(C(C)(C)C)cccc23)cc(C(C)(C)C)c1. The number of thiophene rings is 1. The van der Waals surface area contributed by atoms with Crippen molar-refractivity contribution in [1.29, 1.82) is 0 Å². The number of hydrogen-bond acceptors (Lipinski definition) is 3. The van der Waals surface area contributed by atoms with Gasteiger partial charge in [0.15, 0.2) is 0 Å². The largest absolute Gasteiger partial charge is 0.311 e. The highest BCUT2D eigenvalue weighted by Crippen LogP contribution is 2.53. The third kappa shape index (κ3) is 10.5. The zero-order chi connectivity index (χ0) is 66.8. The van der Waals surface area contributed by atoms with Crippen LogP contribution in [0.2, 0.25) is 0 Å². The second-order valence-corrected chi connectivity index (χ2v) is 34.6. The van der Waals surface area contributed by atoms with Crippen molar-refractivity contribution in [3.8, 4) is 39.1 Å². The van der Waals surface area contributed by atoms with E-state index in [4.69, 9.17) is 0 Å². The van der Waals surface area contributed by atoms with E-state index in [2.05, 4.69) is 357 Å². The van der Waals surface area contributed by atoms with Crippen LogP contribution < -0.4 is 26.2 Å². The van der Waals surface area contributed by atoms with E-state index in [1.807, 2.05) is 11.3 Å². The van der Waals surface area contributed by atoms with Crippen molar-refractivity contribution < 1.29 is 0 Å². The molecule has 474 valence electrons. The first-order valence-corrected chi connectivity index (χ1v) is 35.2. The highest BCUT2D eigenvalue weighted by molar-refractivity contribution is 7.26. The molecule has 0 bridgehead atoms. The van der Waals surface area contributed by atoms with E-state index in [9.17, 15) is 0 Å². The smallest absolute Gasteiger partial charge is 0.252 e. The molecule has 0 aliphatic carbocycles. The topological polar surface area (TPSA) is 11.4 Å². The lowest BCUT2D eigenvalue weighted by molar-refractivity contribution is 0.569. The molecule has 15 rings (SSSR count). The van der Waals surface area contributed by atoms with Gasteiger partial charge in [0.1, 0.15) is 0 Å². The lowest BCUT2D eigenvalue weighted by Gasteiger charge is -2.45. The Kier molecular flexibility index (Phi) is 14.3. The quantitative estimate of drug-likeness (QED) is 0.154. The summed E-state index contributed by atoms with van der Waals surface area (Å²) in [7, 11) is 0. The number of anilines is 6. The first kappa shape index (κ1) is 62.2. The van der Waals surface area contributed by atoms with Crippen molar-refractivity contribution in [2.24, 2.45) is 0 Å². The van der Waals surface area contributed by atoms with Crippen LogP contribution in [0.5, 0.6) is 0 Å². The van der Waals surface area contributed by atoms with Crippen molar-refractivity contribution >= 4 is 111 Å². The highest BCUT2D eigenvalue weighted by Gasteiger charge is 2.46. The van der Waals surface area contributed by atoms with Gasteiger partial charge in [-0.05, 0) is 183 Å². The lowest BCUT2D eigenvalue weighted by Crippen LogP contribution is -2.61. The Hall–Kier alpha value is -8.90. The van der Waals surface area contributed by atoms with Crippen LogP contribution in [0, 0.1) is 0 Å². The van der Waals surface area contributed by atoms with Gasteiger partial charge in [0, 0.05) is 60.2 Å². The van der Waals surface area contributed by atoms with Crippen LogP contribution in [-0.2, 0) is 32.5 Å². The Morgan fingerprint density at radius 2 is 0.768 bits per heavy atom. The molecule has 2 aromatic heterocycles. The number of nitrogens with zero attached hydrogens (tertiary/aromatic N) is 3. The predicted octanol–water partition coefficient (Wildman–Crippen LogP) is 24.0.